The Morgan fingerprint density at radius 2 is 1.85 bits per heavy atom. The van der Waals surface area contributed by atoms with Crippen LogP contribution in [-0.2, 0) is 4.79 Å². The predicted octanol–water partition coefficient (Wildman–Crippen LogP) is 0.513. The van der Waals surface area contributed by atoms with Crippen LogP contribution in [0.25, 0.3) is 0 Å². The number of amides is 3. The summed E-state index contributed by atoms with van der Waals surface area (Å²) < 4.78 is 0. The van der Waals surface area contributed by atoms with Gasteiger partial charge in [-0.05, 0) is 18.8 Å². The van der Waals surface area contributed by atoms with E-state index in [1.807, 2.05) is 13.8 Å². The van der Waals surface area contributed by atoms with E-state index in [4.69, 9.17) is 0 Å². The minimum absolute atomic E-state index is 0.000673. The van der Waals surface area contributed by atoms with Crippen molar-refractivity contribution in [3.63, 3.8) is 0 Å². The SMILES string of the molecule is CC(C)C(CO)NC(=O)C1CCN(C(=O)N(C)C)CC1. The zero-order valence-electron chi connectivity index (χ0n) is 12.9. The average Bonchev–Trinajstić information content (AvgIpc) is 2.43. The summed E-state index contributed by atoms with van der Waals surface area (Å²) in [5.41, 5.74) is 0. The highest BCUT2D eigenvalue weighted by atomic mass is 16.3. The van der Waals surface area contributed by atoms with Crippen LogP contribution in [0.15, 0.2) is 0 Å². The molecule has 0 saturated carbocycles. The second-order valence-electron chi connectivity index (χ2n) is 5.98. The van der Waals surface area contributed by atoms with Crippen molar-refractivity contribution in [1.29, 1.82) is 0 Å². The number of aliphatic hydroxyl groups excluding tert-OH is 1. The van der Waals surface area contributed by atoms with Crippen molar-refractivity contribution in [2.75, 3.05) is 33.8 Å². The van der Waals surface area contributed by atoms with E-state index in [1.54, 1.807) is 23.9 Å². The van der Waals surface area contributed by atoms with Crippen LogP contribution in [0.4, 0.5) is 4.79 Å². The number of aliphatic hydroxyl groups is 1. The van der Waals surface area contributed by atoms with Crippen LogP contribution in [0.3, 0.4) is 0 Å². The summed E-state index contributed by atoms with van der Waals surface area (Å²) in [6, 6.07) is -0.191. The van der Waals surface area contributed by atoms with Gasteiger partial charge in [0.1, 0.15) is 0 Å². The standard InChI is InChI=1S/C14H27N3O3/c1-10(2)12(9-18)15-13(19)11-5-7-17(8-6-11)14(20)16(3)4/h10-12,18H,5-9H2,1-4H3,(H,15,19). The Morgan fingerprint density at radius 1 is 1.30 bits per heavy atom. The van der Waals surface area contributed by atoms with Gasteiger partial charge >= 0.3 is 6.03 Å². The molecule has 0 aliphatic carbocycles. The van der Waals surface area contributed by atoms with Crippen molar-refractivity contribution < 1.29 is 14.7 Å². The van der Waals surface area contributed by atoms with Crippen LogP contribution in [0, 0.1) is 11.8 Å². The van der Waals surface area contributed by atoms with Crippen LogP contribution in [0.5, 0.6) is 0 Å². The van der Waals surface area contributed by atoms with Crippen LogP contribution in [0.1, 0.15) is 26.7 Å². The lowest BCUT2D eigenvalue weighted by atomic mass is 9.95. The molecule has 1 aliphatic heterocycles. The number of likely N-dealkylation sites (tertiary alicyclic amines) is 1. The lowest BCUT2D eigenvalue weighted by Gasteiger charge is -2.33. The first-order chi connectivity index (χ1) is 9.36. The molecule has 116 valence electrons. The highest BCUT2D eigenvalue weighted by Gasteiger charge is 2.29. The second kappa shape index (κ2) is 7.47. The summed E-state index contributed by atoms with van der Waals surface area (Å²) in [6.07, 6.45) is 1.36. The number of urea groups is 1. The van der Waals surface area contributed by atoms with Gasteiger partial charge in [-0.1, -0.05) is 13.8 Å². The first-order valence-corrected chi connectivity index (χ1v) is 7.24. The molecule has 1 heterocycles. The van der Waals surface area contributed by atoms with Gasteiger partial charge in [0.2, 0.25) is 5.91 Å². The molecule has 20 heavy (non-hydrogen) atoms. The topological polar surface area (TPSA) is 72.9 Å². The molecule has 1 atom stereocenters. The maximum Gasteiger partial charge on any atom is 0.319 e. The number of nitrogens with one attached hydrogen (secondary N) is 1. The van der Waals surface area contributed by atoms with Crippen molar-refractivity contribution in [2.45, 2.75) is 32.7 Å². The van der Waals surface area contributed by atoms with Crippen molar-refractivity contribution in [3.8, 4) is 0 Å². The lowest BCUT2D eigenvalue weighted by molar-refractivity contribution is -0.127. The Labute approximate surface area is 121 Å². The average molecular weight is 285 g/mol. The molecule has 0 aromatic carbocycles. The fourth-order valence-corrected chi connectivity index (χ4v) is 2.34. The van der Waals surface area contributed by atoms with Gasteiger partial charge < -0.3 is 20.2 Å². The van der Waals surface area contributed by atoms with Crippen LogP contribution in [-0.4, -0.2) is 66.7 Å². The molecule has 0 bridgehead atoms. The Hall–Kier alpha value is -1.30. The number of carbonyl (C=O) groups is 2. The van der Waals surface area contributed by atoms with E-state index < -0.39 is 0 Å². The van der Waals surface area contributed by atoms with Gasteiger partial charge in [0.25, 0.3) is 0 Å². The number of rotatable bonds is 4. The van der Waals surface area contributed by atoms with Crippen molar-refractivity contribution in [3.05, 3.63) is 0 Å². The minimum Gasteiger partial charge on any atom is -0.394 e. The highest BCUT2D eigenvalue weighted by molar-refractivity contribution is 5.80. The molecule has 1 unspecified atom stereocenters. The smallest absolute Gasteiger partial charge is 0.319 e. The van der Waals surface area contributed by atoms with E-state index in [9.17, 15) is 14.7 Å². The summed E-state index contributed by atoms with van der Waals surface area (Å²) in [6.45, 7) is 5.13. The molecule has 0 radical (unpaired) electrons. The van der Waals surface area contributed by atoms with Gasteiger partial charge in [0.15, 0.2) is 0 Å². The quantitative estimate of drug-likeness (QED) is 0.790. The van der Waals surface area contributed by atoms with E-state index in [1.165, 1.54) is 0 Å². The fourth-order valence-electron chi connectivity index (χ4n) is 2.34. The van der Waals surface area contributed by atoms with Crippen molar-refractivity contribution in [1.82, 2.24) is 15.1 Å². The van der Waals surface area contributed by atoms with Gasteiger partial charge in [-0.15, -0.1) is 0 Å². The lowest BCUT2D eigenvalue weighted by Crippen LogP contribution is -2.49. The van der Waals surface area contributed by atoms with Crippen molar-refractivity contribution in [2.24, 2.45) is 11.8 Å². The Morgan fingerprint density at radius 3 is 2.25 bits per heavy atom. The summed E-state index contributed by atoms with van der Waals surface area (Å²) >= 11 is 0. The maximum absolute atomic E-state index is 12.1. The molecule has 1 aliphatic rings. The van der Waals surface area contributed by atoms with E-state index in [0.717, 1.165) is 0 Å². The number of hydrogen-bond donors (Lipinski definition) is 2. The maximum atomic E-state index is 12.1. The van der Waals surface area contributed by atoms with E-state index in [2.05, 4.69) is 5.32 Å². The van der Waals surface area contributed by atoms with Gasteiger partial charge in [-0.3, -0.25) is 4.79 Å². The van der Waals surface area contributed by atoms with E-state index >= 15 is 0 Å². The molecule has 0 aromatic rings. The molecule has 3 amide bonds. The monoisotopic (exact) mass is 285 g/mol. The largest absolute Gasteiger partial charge is 0.394 e. The Kier molecular flexibility index (Phi) is 6.26. The highest BCUT2D eigenvalue weighted by Crippen LogP contribution is 2.18. The van der Waals surface area contributed by atoms with Gasteiger partial charge in [0.05, 0.1) is 12.6 Å². The summed E-state index contributed by atoms with van der Waals surface area (Å²) in [5, 5.41) is 12.1. The molecule has 2 N–H and O–H groups in total. The van der Waals surface area contributed by atoms with Gasteiger partial charge in [-0.2, -0.15) is 0 Å². The normalized spacial score (nSPS) is 18.0. The molecular weight excluding hydrogens is 258 g/mol. The third kappa shape index (κ3) is 4.37. The van der Waals surface area contributed by atoms with E-state index in [-0.39, 0.29) is 36.4 Å². The first-order valence-electron chi connectivity index (χ1n) is 7.24. The third-order valence-corrected chi connectivity index (χ3v) is 3.85. The predicted molar refractivity (Wildman–Crippen MR) is 77.2 cm³/mol. The number of hydrogen-bond acceptors (Lipinski definition) is 3. The minimum atomic E-state index is -0.191. The molecular formula is C14H27N3O3. The number of piperidine rings is 1. The zero-order valence-corrected chi connectivity index (χ0v) is 12.9. The first kappa shape index (κ1) is 16.8. The molecule has 6 heteroatoms. The van der Waals surface area contributed by atoms with Crippen LogP contribution >= 0.6 is 0 Å². The molecule has 0 spiro atoms. The Bertz CT molecular complexity index is 337. The molecule has 1 saturated heterocycles. The third-order valence-electron chi connectivity index (χ3n) is 3.85. The zero-order chi connectivity index (χ0) is 15.3. The Balaban J connectivity index is 2.45. The molecule has 0 aromatic heterocycles. The van der Waals surface area contributed by atoms with E-state index in [0.29, 0.717) is 25.9 Å². The second-order valence-corrected chi connectivity index (χ2v) is 5.98. The molecule has 1 fully saturated rings. The van der Waals surface area contributed by atoms with Gasteiger partial charge in [0, 0.05) is 33.1 Å². The molecule has 6 nitrogen and oxygen atoms in total. The van der Waals surface area contributed by atoms with Crippen LogP contribution < -0.4 is 5.32 Å². The summed E-state index contributed by atoms with van der Waals surface area (Å²) in [5.74, 6) is 0.142. The summed E-state index contributed by atoms with van der Waals surface area (Å²) in [4.78, 5) is 27.3. The van der Waals surface area contributed by atoms with Gasteiger partial charge in [-0.25, -0.2) is 4.79 Å². The molecule has 1 rings (SSSR count). The van der Waals surface area contributed by atoms with Crippen LogP contribution in [0.2, 0.25) is 0 Å². The number of carbonyl (C=O) groups excluding carboxylic acids is 2. The fraction of sp³-hybridized carbons (Fsp3) is 0.857. The van der Waals surface area contributed by atoms with Crippen molar-refractivity contribution >= 4 is 11.9 Å². The number of nitrogens with zero attached hydrogens (tertiary/aromatic N) is 2. The summed E-state index contributed by atoms with van der Waals surface area (Å²) in [7, 11) is 3.46.